The van der Waals surface area contributed by atoms with Crippen molar-refractivity contribution in [1.29, 1.82) is 0 Å². The minimum atomic E-state index is -1.08. The molecule has 10 nitrogen and oxygen atoms in total. The molecule has 0 spiro atoms. The topological polar surface area (TPSA) is 119 Å². The van der Waals surface area contributed by atoms with Crippen LogP contribution in [0, 0.1) is 16.0 Å². The van der Waals surface area contributed by atoms with E-state index in [0.717, 1.165) is 4.90 Å². The number of methoxy groups -OCH3 is 1. The maximum Gasteiger partial charge on any atom is 0.337 e. The fraction of sp³-hybridized carbons (Fsp3) is 0.160. The third-order valence-corrected chi connectivity index (χ3v) is 6.12. The lowest BCUT2D eigenvalue weighted by Gasteiger charge is -2.28. The van der Waals surface area contributed by atoms with Gasteiger partial charge in [-0.1, -0.05) is 30.3 Å². The molecule has 0 radical (unpaired) electrons. The van der Waals surface area contributed by atoms with Gasteiger partial charge in [-0.25, -0.2) is 14.8 Å². The van der Waals surface area contributed by atoms with Crippen LogP contribution in [-0.2, 0) is 19.2 Å². The highest BCUT2D eigenvalue weighted by molar-refractivity contribution is 6.24. The van der Waals surface area contributed by atoms with Gasteiger partial charge in [-0.3, -0.25) is 24.5 Å². The highest BCUT2D eigenvalue weighted by Crippen LogP contribution is 2.47. The summed E-state index contributed by atoms with van der Waals surface area (Å²) in [5, 5.41) is 12.5. The molecule has 2 saturated heterocycles. The van der Waals surface area contributed by atoms with Crippen molar-refractivity contribution in [2.75, 3.05) is 17.1 Å². The van der Waals surface area contributed by atoms with Crippen molar-refractivity contribution in [3.63, 3.8) is 0 Å². The van der Waals surface area contributed by atoms with E-state index >= 15 is 0 Å². The number of carbonyl (C=O) groups is 3. The molecule has 0 aliphatic carbocycles. The predicted octanol–water partition coefficient (Wildman–Crippen LogP) is 3.43. The molecule has 5 rings (SSSR count). The second-order valence-electron chi connectivity index (χ2n) is 8.06. The van der Waals surface area contributed by atoms with Crippen molar-refractivity contribution in [2.45, 2.75) is 12.1 Å². The Bertz CT molecular complexity index is 1310. The first-order valence-corrected chi connectivity index (χ1v) is 10.7. The van der Waals surface area contributed by atoms with Gasteiger partial charge in [0.15, 0.2) is 6.10 Å². The van der Waals surface area contributed by atoms with Gasteiger partial charge in [0, 0.05) is 12.1 Å². The number of benzene rings is 3. The summed E-state index contributed by atoms with van der Waals surface area (Å²) in [5.41, 5.74) is 1.75. The summed E-state index contributed by atoms with van der Waals surface area (Å²) in [5.74, 6) is -2.40. The van der Waals surface area contributed by atoms with E-state index in [4.69, 9.17) is 9.57 Å². The van der Waals surface area contributed by atoms with Crippen molar-refractivity contribution < 1.29 is 28.9 Å². The highest BCUT2D eigenvalue weighted by atomic mass is 16.7. The molecule has 2 amide bonds. The SMILES string of the molecule is COC(=O)c1ccc([C@H]2[C@@H]3C(=O)N(c4ccc([N+](=O)[O-])cc4)C(=O)[C@H]3ON2c2ccccc2)cc1. The monoisotopic (exact) mass is 473 g/mol. The van der Waals surface area contributed by atoms with Gasteiger partial charge in [0.25, 0.3) is 11.6 Å². The third-order valence-electron chi connectivity index (χ3n) is 6.12. The van der Waals surface area contributed by atoms with Gasteiger partial charge in [-0.05, 0) is 42.0 Å². The van der Waals surface area contributed by atoms with Crippen LogP contribution in [0.25, 0.3) is 0 Å². The molecule has 0 N–H and O–H groups in total. The molecule has 3 atom stereocenters. The van der Waals surface area contributed by atoms with Crippen molar-refractivity contribution >= 4 is 34.8 Å². The van der Waals surface area contributed by atoms with E-state index in [1.54, 1.807) is 41.5 Å². The van der Waals surface area contributed by atoms with Gasteiger partial charge in [0.05, 0.1) is 35.0 Å². The number of nitro benzene ring substituents is 1. The van der Waals surface area contributed by atoms with E-state index in [-0.39, 0.29) is 11.4 Å². The van der Waals surface area contributed by atoms with Crippen LogP contribution in [0.3, 0.4) is 0 Å². The Morgan fingerprint density at radius 2 is 1.57 bits per heavy atom. The molecule has 0 saturated carbocycles. The van der Waals surface area contributed by atoms with Crippen molar-refractivity contribution in [3.05, 3.63) is 100 Å². The number of hydroxylamine groups is 1. The van der Waals surface area contributed by atoms with Gasteiger partial charge in [-0.15, -0.1) is 0 Å². The van der Waals surface area contributed by atoms with Crippen LogP contribution in [0.15, 0.2) is 78.9 Å². The molecule has 0 bridgehead atoms. The number of amides is 2. The Labute approximate surface area is 199 Å². The lowest BCUT2D eigenvalue weighted by Crippen LogP contribution is -2.37. The molecule has 176 valence electrons. The number of hydrogen-bond donors (Lipinski definition) is 0. The zero-order chi connectivity index (χ0) is 24.7. The summed E-state index contributed by atoms with van der Waals surface area (Å²) in [6.07, 6.45) is -1.08. The van der Waals surface area contributed by atoms with Crippen LogP contribution in [0.2, 0.25) is 0 Å². The second kappa shape index (κ2) is 8.65. The van der Waals surface area contributed by atoms with Crippen LogP contribution in [-0.4, -0.2) is 35.9 Å². The molecule has 35 heavy (non-hydrogen) atoms. The first-order chi connectivity index (χ1) is 16.9. The number of nitrogens with zero attached hydrogens (tertiary/aromatic N) is 3. The number of nitro groups is 1. The van der Waals surface area contributed by atoms with Crippen LogP contribution >= 0.6 is 0 Å². The van der Waals surface area contributed by atoms with E-state index in [0.29, 0.717) is 16.8 Å². The minimum absolute atomic E-state index is 0.150. The predicted molar refractivity (Wildman–Crippen MR) is 123 cm³/mol. The summed E-state index contributed by atoms with van der Waals surface area (Å²) in [6, 6.07) is 20.2. The molecule has 3 aromatic carbocycles. The van der Waals surface area contributed by atoms with Gasteiger partial charge in [-0.2, -0.15) is 0 Å². The number of imide groups is 1. The van der Waals surface area contributed by atoms with Crippen LogP contribution in [0.4, 0.5) is 17.1 Å². The highest BCUT2D eigenvalue weighted by Gasteiger charge is 2.60. The zero-order valence-corrected chi connectivity index (χ0v) is 18.4. The molecule has 0 unspecified atom stereocenters. The fourth-order valence-electron chi connectivity index (χ4n) is 4.46. The number of ether oxygens (including phenoxy) is 1. The average Bonchev–Trinajstić information content (AvgIpc) is 3.40. The van der Waals surface area contributed by atoms with Crippen molar-refractivity contribution in [2.24, 2.45) is 5.92 Å². The Morgan fingerprint density at radius 3 is 2.17 bits per heavy atom. The Kier molecular flexibility index (Phi) is 5.50. The normalized spacial score (nSPS) is 21.2. The standard InChI is InChI=1S/C25H19N3O7/c1-34-25(31)16-9-7-15(8-10-16)21-20-22(35-27(21)18-5-3-2-4-6-18)24(30)26(23(20)29)17-11-13-19(14-12-17)28(32)33/h2-14,20-22H,1H3/t20-,21-,22-/m0/s1. The Morgan fingerprint density at radius 1 is 0.914 bits per heavy atom. The first kappa shape index (κ1) is 22.2. The largest absolute Gasteiger partial charge is 0.465 e. The van der Waals surface area contributed by atoms with E-state index in [9.17, 15) is 24.5 Å². The molecular weight excluding hydrogens is 454 g/mol. The number of fused-ring (bicyclic) bond motifs is 1. The van der Waals surface area contributed by atoms with Crippen molar-refractivity contribution in [3.8, 4) is 0 Å². The molecule has 2 aliphatic heterocycles. The number of non-ortho nitro benzene ring substituents is 1. The average molecular weight is 473 g/mol. The number of rotatable bonds is 5. The van der Waals surface area contributed by atoms with E-state index < -0.39 is 40.8 Å². The first-order valence-electron chi connectivity index (χ1n) is 10.7. The smallest absolute Gasteiger partial charge is 0.337 e. The quantitative estimate of drug-likeness (QED) is 0.239. The number of para-hydroxylation sites is 1. The van der Waals surface area contributed by atoms with Gasteiger partial charge in [0.1, 0.15) is 5.92 Å². The molecule has 0 aromatic heterocycles. The number of esters is 1. The molecule has 3 aromatic rings. The fourth-order valence-corrected chi connectivity index (χ4v) is 4.46. The van der Waals surface area contributed by atoms with E-state index in [2.05, 4.69) is 0 Å². The van der Waals surface area contributed by atoms with E-state index in [1.165, 1.54) is 31.4 Å². The summed E-state index contributed by atoms with van der Waals surface area (Å²) in [4.78, 5) is 56.3. The molecule has 2 aliphatic rings. The summed E-state index contributed by atoms with van der Waals surface area (Å²) >= 11 is 0. The molecule has 2 heterocycles. The summed E-state index contributed by atoms with van der Waals surface area (Å²) in [6.45, 7) is 0. The molecular formula is C25H19N3O7. The second-order valence-corrected chi connectivity index (χ2v) is 8.06. The minimum Gasteiger partial charge on any atom is -0.465 e. The van der Waals surface area contributed by atoms with Gasteiger partial charge >= 0.3 is 5.97 Å². The number of anilines is 2. The van der Waals surface area contributed by atoms with Crippen LogP contribution in [0.1, 0.15) is 22.0 Å². The maximum absolute atomic E-state index is 13.6. The van der Waals surface area contributed by atoms with Crippen molar-refractivity contribution in [1.82, 2.24) is 0 Å². The number of hydrogen-bond acceptors (Lipinski definition) is 8. The third kappa shape index (κ3) is 3.69. The van der Waals surface area contributed by atoms with E-state index in [1.807, 2.05) is 18.2 Å². The lowest BCUT2D eigenvalue weighted by atomic mass is 9.90. The summed E-state index contributed by atoms with van der Waals surface area (Å²) in [7, 11) is 1.29. The molecule has 2 fully saturated rings. The molecule has 10 heteroatoms. The Hall–Kier alpha value is -4.57. The van der Waals surface area contributed by atoms with Crippen LogP contribution < -0.4 is 9.96 Å². The van der Waals surface area contributed by atoms with Gasteiger partial charge < -0.3 is 4.74 Å². The Balaban J connectivity index is 1.54. The zero-order valence-electron chi connectivity index (χ0n) is 18.4. The summed E-state index contributed by atoms with van der Waals surface area (Å²) < 4.78 is 4.76. The maximum atomic E-state index is 13.6. The number of carbonyl (C=O) groups excluding carboxylic acids is 3. The van der Waals surface area contributed by atoms with Gasteiger partial charge in [0.2, 0.25) is 5.91 Å². The lowest BCUT2D eigenvalue weighted by molar-refractivity contribution is -0.384. The van der Waals surface area contributed by atoms with Crippen LogP contribution in [0.5, 0.6) is 0 Å².